The average molecular weight is 352 g/mol. The third kappa shape index (κ3) is 4.46. The molecule has 0 spiro atoms. The van der Waals surface area contributed by atoms with Crippen molar-refractivity contribution in [2.24, 2.45) is 7.05 Å². The van der Waals surface area contributed by atoms with Gasteiger partial charge in [0.2, 0.25) is 10.0 Å². The molecular weight excluding hydrogens is 328 g/mol. The number of hydrogen-bond donors (Lipinski definition) is 0. The third-order valence-electron chi connectivity index (χ3n) is 4.23. The Morgan fingerprint density at radius 3 is 2.46 bits per heavy atom. The molecule has 0 atom stereocenters. The molecule has 2 heterocycles. The normalized spacial score (nSPS) is 15.5. The van der Waals surface area contributed by atoms with Gasteiger partial charge in [-0.05, 0) is 25.0 Å². The van der Waals surface area contributed by atoms with Crippen molar-refractivity contribution in [3.8, 4) is 0 Å². The van der Waals surface area contributed by atoms with E-state index < -0.39 is 10.0 Å². The van der Waals surface area contributed by atoms with Crippen molar-refractivity contribution in [2.75, 3.05) is 13.3 Å². The van der Waals surface area contributed by atoms with Crippen LogP contribution in [0.5, 0.6) is 0 Å². The van der Waals surface area contributed by atoms with Gasteiger partial charge in [-0.15, -0.1) is 0 Å². The minimum Gasteiger partial charge on any atom is -0.463 e. The highest BCUT2D eigenvalue weighted by atomic mass is 32.2. The van der Waals surface area contributed by atoms with E-state index in [2.05, 4.69) is 10.00 Å². The molecule has 0 saturated heterocycles. The summed E-state index contributed by atoms with van der Waals surface area (Å²) in [5, 5.41) is 4.22. The zero-order valence-electron chi connectivity index (χ0n) is 14.3. The Morgan fingerprint density at radius 2 is 1.92 bits per heavy atom. The summed E-state index contributed by atoms with van der Waals surface area (Å²) in [6.07, 6.45) is 7.54. The molecule has 7 nitrogen and oxygen atoms in total. The minimum atomic E-state index is -3.20. The van der Waals surface area contributed by atoms with E-state index in [9.17, 15) is 8.42 Å². The van der Waals surface area contributed by atoms with E-state index in [1.807, 2.05) is 36.3 Å². The number of rotatable bonds is 8. The molecule has 0 aliphatic heterocycles. The molecule has 0 aromatic carbocycles. The van der Waals surface area contributed by atoms with Gasteiger partial charge in [0.1, 0.15) is 11.5 Å². The second-order valence-corrected chi connectivity index (χ2v) is 8.63. The minimum absolute atomic E-state index is 0.255. The van der Waals surface area contributed by atoms with Gasteiger partial charge < -0.3 is 4.42 Å². The van der Waals surface area contributed by atoms with Crippen molar-refractivity contribution in [3.05, 3.63) is 41.6 Å². The van der Waals surface area contributed by atoms with E-state index in [4.69, 9.17) is 4.42 Å². The molecule has 0 radical (unpaired) electrons. The molecule has 8 heteroatoms. The van der Waals surface area contributed by atoms with Crippen LogP contribution in [0.1, 0.15) is 29.9 Å². The van der Waals surface area contributed by atoms with Crippen LogP contribution in [0.25, 0.3) is 0 Å². The van der Waals surface area contributed by atoms with E-state index in [1.165, 1.54) is 29.0 Å². The molecule has 0 unspecified atom stereocenters. The van der Waals surface area contributed by atoms with Crippen LogP contribution >= 0.6 is 0 Å². The van der Waals surface area contributed by atoms with Crippen LogP contribution in [0.3, 0.4) is 0 Å². The molecule has 24 heavy (non-hydrogen) atoms. The predicted molar refractivity (Wildman–Crippen MR) is 90.5 cm³/mol. The van der Waals surface area contributed by atoms with Crippen LogP contribution in [0.4, 0.5) is 0 Å². The topological polar surface area (TPSA) is 71.6 Å². The van der Waals surface area contributed by atoms with Gasteiger partial charge in [-0.3, -0.25) is 9.58 Å². The monoisotopic (exact) mass is 352 g/mol. The van der Waals surface area contributed by atoms with Gasteiger partial charge in [0.15, 0.2) is 0 Å². The van der Waals surface area contributed by atoms with E-state index in [0.717, 1.165) is 18.8 Å². The summed E-state index contributed by atoms with van der Waals surface area (Å²) < 4.78 is 31.9. The molecule has 0 amide bonds. The van der Waals surface area contributed by atoms with Gasteiger partial charge in [-0.25, -0.2) is 8.42 Å². The molecule has 0 bridgehead atoms. The zero-order chi connectivity index (χ0) is 17.3. The first-order valence-electron chi connectivity index (χ1n) is 8.02. The van der Waals surface area contributed by atoms with E-state index in [0.29, 0.717) is 11.8 Å². The maximum absolute atomic E-state index is 11.5. The summed E-state index contributed by atoms with van der Waals surface area (Å²) >= 11 is 0. The van der Waals surface area contributed by atoms with Crippen LogP contribution in [-0.2, 0) is 36.7 Å². The van der Waals surface area contributed by atoms with Gasteiger partial charge in [-0.2, -0.15) is 9.40 Å². The standard InChI is InChI=1S/C16H24N4O3S/c1-18-9-13(8-17-18)10-20(14-4-5-14)12-16-7-6-15(23-16)11-19(2)24(3,21)22/h6-9,14H,4-5,10-12H2,1-3H3. The summed E-state index contributed by atoms with van der Waals surface area (Å²) in [5.41, 5.74) is 1.19. The number of aryl methyl sites for hydroxylation is 1. The Kier molecular flexibility index (Phi) is 4.80. The highest BCUT2D eigenvalue weighted by molar-refractivity contribution is 7.88. The fraction of sp³-hybridized carbons (Fsp3) is 0.562. The number of furan rings is 1. The SMILES string of the molecule is CN(Cc1ccc(CN(Cc2cnn(C)c2)C2CC2)o1)S(C)(=O)=O. The quantitative estimate of drug-likeness (QED) is 0.721. The number of sulfonamides is 1. The summed E-state index contributed by atoms with van der Waals surface area (Å²) in [5.74, 6) is 1.53. The predicted octanol–water partition coefficient (Wildman–Crippen LogP) is 1.57. The Bertz CT molecular complexity index is 792. The first kappa shape index (κ1) is 17.2. The molecule has 1 aliphatic rings. The summed E-state index contributed by atoms with van der Waals surface area (Å²) in [7, 11) is 0.268. The van der Waals surface area contributed by atoms with Gasteiger partial charge >= 0.3 is 0 Å². The molecular formula is C16H24N4O3S. The first-order valence-corrected chi connectivity index (χ1v) is 9.86. The molecule has 132 valence electrons. The second kappa shape index (κ2) is 6.70. The third-order valence-corrected chi connectivity index (χ3v) is 5.49. The van der Waals surface area contributed by atoms with Crippen molar-refractivity contribution < 1.29 is 12.8 Å². The van der Waals surface area contributed by atoms with E-state index in [1.54, 1.807) is 7.05 Å². The summed E-state index contributed by atoms with van der Waals surface area (Å²) in [4.78, 5) is 2.39. The molecule has 1 aliphatic carbocycles. The lowest BCUT2D eigenvalue weighted by atomic mass is 10.3. The van der Waals surface area contributed by atoms with Gasteiger partial charge in [0.25, 0.3) is 0 Å². The van der Waals surface area contributed by atoms with E-state index >= 15 is 0 Å². The lowest BCUT2D eigenvalue weighted by Crippen LogP contribution is -2.25. The highest BCUT2D eigenvalue weighted by Crippen LogP contribution is 2.30. The zero-order valence-corrected chi connectivity index (χ0v) is 15.2. The van der Waals surface area contributed by atoms with Crippen molar-refractivity contribution in [2.45, 2.75) is 38.5 Å². The Morgan fingerprint density at radius 1 is 1.25 bits per heavy atom. The largest absolute Gasteiger partial charge is 0.463 e. The van der Waals surface area contributed by atoms with Gasteiger partial charge in [-0.1, -0.05) is 0 Å². The van der Waals surface area contributed by atoms with Crippen molar-refractivity contribution in [1.29, 1.82) is 0 Å². The Labute approximate surface area is 142 Å². The molecule has 3 rings (SSSR count). The van der Waals surface area contributed by atoms with Gasteiger partial charge in [0.05, 0.1) is 25.5 Å². The molecule has 1 saturated carbocycles. The highest BCUT2D eigenvalue weighted by Gasteiger charge is 2.30. The van der Waals surface area contributed by atoms with Crippen molar-refractivity contribution >= 4 is 10.0 Å². The summed E-state index contributed by atoms with van der Waals surface area (Å²) in [6.45, 7) is 1.82. The van der Waals surface area contributed by atoms with Crippen LogP contribution in [0.2, 0.25) is 0 Å². The lowest BCUT2D eigenvalue weighted by molar-refractivity contribution is 0.221. The van der Waals surface area contributed by atoms with Crippen molar-refractivity contribution in [1.82, 2.24) is 19.0 Å². The van der Waals surface area contributed by atoms with Crippen molar-refractivity contribution in [3.63, 3.8) is 0 Å². The van der Waals surface area contributed by atoms with Crippen LogP contribution in [-0.4, -0.2) is 46.7 Å². The summed E-state index contributed by atoms with van der Waals surface area (Å²) in [6, 6.07) is 4.38. The molecule has 2 aromatic rings. The van der Waals surface area contributed by atoms with Crippen LogP contribution in [0.15, 0.2) is 28.9 Å². The maximum Gasteiger partial charge on any atom is 0.211 e. The smallest absolute Gasteiger partial charge is 0.211 e. The Balaban J connectivity index is 1.63. The molecule has 1 fully saturated rings. The number of aromatic nitrogens is 2. The fourth-order valence-corrected chi connectivity index (χ4v) is 3.03. The maximum atomic E-state index is 11.5. The second-order valence-electron chi connectivity index (χ2n) is 6.55. The lowest BCUT2D eigenvalue weighted by Gasteiger charge is -2.20. The average Bonchev–Trinajstić information content (AvgIpc) is 3.13. The van der Waals surface area contributed by atoms with E-state index in [-0.39, 0.29) is 6.54 Å². The Hall–Kier alpha value is -1.64. The fourth-order valence-electron chi connectivity index (χ4n) is 2.67. The molecule has 2 aromatic heterocycles. The first-order chi connectivity index (χ1) is 11.3. The molecule has 0 N–H and O–H groups in total. The van der Waals surface area contributed by atoms with Crippen LogP contribution in [0, 0.1) is 0 Å². The van der Waals surface area contributed by atoms with Crippen LogP contribution < -0.4 is 0 Å². The number of nitrogens with zero attached hydrogens (tertiary/aromatic N) is 4. The number of hydrogen-bond acceptors (Lipinski definition) is 5. The van der Waals surface area contributed by atoms with Gasteiger partial charge in [0, 0.05) is 38.4 Å².